The molecule has 0 aliphatic carbocycles. The highest BCUT2D eigenvalue weighted by atomic mass is 35.5. The van der Waals surface area contributed by atoms with Gasteiger partial charge in [-0.3, -0.25) is 4.79 Å². The number of aryl methyl sites for hydroxylation is 4. The van der Waals surface area contributed by atoms with Crippen LogP contribution in [0.5, 0.6) is 5.75 Å². The molecule has 1 N–H and O–H groups in total. The van der Waals surface area contributed by atoms with Gasteiger partial charge in [0.15, 0.2) is 0 Å². The molecule has 0 bridgehead atoms. The lowest BCUT2D eigenvalue weighted by Gasteiger charge is -2.12. The molecule has 5 nitrogen and oxygen atoms in total. The van der Waals surface area contributed by atoms with Crippen molar-refractivity contribution >= 4 is 28.5 Å². The van der Waals surface area contributed by atoms with E-state index >= 15 is 0 Å². The monoisotopic (exact) mass is 475 g/mol. The summed E-state index contributed by atoms with van der Waals surface area (Å²) in [7, 11) is 0. The van der Waals surface area contributed by atoms with E-state index in [4.69, 9.17) is 21.3 Å². The number of rotatable bonds is 9. The summed E-state index contributed by atoms with van der Waals surface area (Å²) >= 11 is 6.10. The molecular weight excluding hydrogens is 446 g/mol. The van der Waals surface area contributed by atoms with Crippen molar-refractivity contribution in [2.24, 2.45) is 0 Å². The Bertz CT molecular complexity index is 1310. The summed E-state index contributed by atoms with van der Waals surface area (Å²) in [5.74, 6) is 1.74. The van der Waals surface area contributed by atoms with Gasteiger partial charge in [-0.25, -0.2) is 4.98 Å². The van der Waals surface area contributed by atoms with Gasteiger partial charge in [0.25, 0.3) is 5.91 Å². The summed E-state index contributed by atoms with van der Waals surface area (Å²) in [5.41, 5.74) is 5.92. The molecule has 6 heteroatoms. The Morgan fingerprint density at radius 3 is 2.65 bits per heavy atom. The van der Waals surface area contributed by atoms with E-state index in [1.54, 1.807) is 0 Å². The molecule has 0 saturated carbocycles. The molecular formula is C28H30ClN3O2. The largest absolute Gasteiger partial charge is 0.494 e. The van der Waals surface area contributed by atoms with E-state index in [2.05, 4.69) is 16.0 Å². The fourth-order valence-electron chi connectivity index (χ4n) is 4.14. The number of nitrogens with one attached hydrogen (secondary N) is 1. The Morgan fingerprint density at radius 2 is 1.85 bits per heavy atom. The highest BCUT2D eigenvalue weighted by molar-refractivity contribution is 6.31. The van der Waals surface area contributed by atoms with Crippen LogP contribution in [0.25, 0.3) is 11.0 Å². The van der Waals surface area contributed by atoms with Crippen LogP contribution in [-0.2, 0) is 13.0 Å². The maximum absolute atomic E-state index is 12.7. The number of para-hydroxylation sites is 2. The van der Waals surface area contributed by atoms with Crippen LogP contribution in [0, 0.1) is 20.8 Å². The first-order chi connectivity index (χ1) is 16.4. The van der Waals surface area contributed by atoms with Gasteiger partial charge >= 0.3 is 0 Å². The minimum absolute atomic E-state index is 0.0492. The third-order valence-corrected chi connectivity index (χ3v) is 6.34. The number of carbonyl (C=O) groups is 1. The van der Waals surface area contributed by atoms with Gasteiger partial charge in [0.05, 0.1) is 17.6 Å². The molecule has 0 radical (unpaired) electrons. The number of ether oxygens (including phenoxy) is 1. The molecule has 1 heterocycles. The van der Waals surface area contributed by atoms with Crippen LogP contribution in [0.2, 0.25) is 5.02 Å². The van der Waals surface area contributed by atoms with E-state index in [0.29, 0.717) is 25.1 Å². The minimum Gasteiger partial charge on any atom is -0.494 e. The molecule has 0 spiro atoms. The minimum atomic E-state index is -0.0492. The van der Waals surface area contributed by atoms with Gasteiger partial charge in [-0.05, 0) is 74.7 Å². The van der Waals surface area contributed by atoms with Crippen molar-refractivity contribution in [1.82, 2.24) is 14.9 Å². The van der Waals surface area contributed by atoms with Crippen LogP contribution >= 0.6 is 11.6 Å². The third-order valence-electron chi connectivity index (χ3n) is 5.92. The first-order valence-electron chi connectivity index (χ1n) is 11.6. The van der Waals surface area contributed by atoms with Gasteiger partial charge in [-0.1, -0.05) is 41.4 Å². The van der Waals surface area contributed by atoms with Gasteiger partial charge in [0.1, 0.15) is 11.6 Å². The molecule has 0 atom stereocenters. The molecule has 0 aliphatic heterocycles. The zero-order chi connectivity index (χ0) is 24.1. The quantitative estimate of drug-likeness (QED) is 0.299. The summed E-state index contributed by atoms with van der Waals surface area (Å²) in [6, 6.07) is 19.7. The molecule has 0 saturated heterocycles. The van der Waals surface area contributed by atoms with Crippen molar-refractivity contribution in [2.45, 2.75) is 40.2 Å². The number of hydrogen-bond donors (Lipinski definition) is 1. The Balaban J connectivity index is 1.38. The van der Waals surface area contributed by atoms with Crippen molar-refractivity contribution < 1.29 is 9.53 Å². The zero-order valence-corrected chi connectivity index (χ0v) is 20.7. The zero-order valence-electron chi connectivity index (χ0n) is 19.9. The first kappa shape index (κ1) is 23.8. The summed E-state index contributed by atoms with van der Waals surface area (Å²) in [4.78, 5) is 17.5. The third kappa shape index (κ3) is 5.60. The number of fused-ring (bicyclic) bond motifs is 1. The molecule has 1 amide bonds. The van der Waals surface area contributed by atoms with Crippen molar-refractivity contribution in [2.75, 3.05) is 13.2 Å². The number of aromatic nitrogens is 2. The number of amides is 1. The second-order valence-corrected chi connectivity index (χ2v) is 9.01. The standard InChI is InChI=1S/C28H30ClN3O2/c1-19-9-11-23(20(2)17-19)28(33)30-14-13-27-31-25-7-4-5-8-26(25)32(27)15-6-16-34-22-10-12-24(29)21(3)18-22/h4-5,7-12,17-18H,6,13-16H2,1-3H3,(H,30,33). The van der Waals surface area contributed by atoms with Crippen LogP contribution in [0.4, 0.5) is 0 Å². The van der Waals surface area contributed by atoms with E-state index < -0.39 is 0 Å². The van der Waals surface area contributed by atoms with E-state index in [-0.39, 0.29) is 5.91 Å². The number of halogens is 1. The van der Waals surface area contributed by atoms with E-state index in [1.165, 1.54) is 0 Å². The number of benzene rings is 3. The molecule has 4 rings (SSSR count). The Morgan fingerprint density at radius 1 is 1.03 bits per heavy atom. The van der Waals surface area contributed by atoms with Gasteiger partial charge in [-0.15, -0.1) is 0 Å². The lowest BCUT2D eigenvalue weighted by molar-refractivity contribution is 0.0953. The van der Waals surface area contributed by atoms with Gasteiger partial charge in [-0.2, -0.15) is 0 Å². The Kier molecular flexibility index (Phi) is 7.53. The van der Waals surface area contributed by atoms with E-state index in [1.807, 2.05) is 75.4 Å². The summed E-state index contributed by atoms with van der Waals surface area (Å²) in [5, 5.41) is 3.79. The lowest BCUT2D eigenvalue weighted by Crippen LogP contribution is -2.27. The summed E-state index contributed by atoms with van der Waals surface area (Å²) in [6.45, 7) is 7.87. The number of hydrogen-bond acceptors (Lipinski definition) is 3. The second-order valence-electron chi connectivity index (χ2n) is 8.61. The summed E-state index contributed by atoms with van der Waals surface area (Å²) < 4.78 is 8.16. The predicted molar refractivity (Wildman–Crippen MR) is 138 cm³/mol. The van der Waals surface area contributed by atoms with Crippen molar-refractivity contribution in [3.63, 3.8) is 0 Å². The highest BCUT2D eigenvalue weighted by Crippen LogP contribution is 2.22. The molecule has 34 heavy (non-hydrogen) atoms. The number of imidazole rings is 1. The fraction of sp³-hybridized carbons (Fsp3) is 0.286. The Labute approximate surface area is 205 Å². The average Bonchev–Trinajstić information content (AvgIpc) is 3.16. The molecule has 176 valence electrons. The van der Waals surface area contributed by atoms with Gasteiger partial charge in [0, 0.05) is 30.1 Å². The van der Waals surface area contributed by atoms with Crippen molar-refractivity contribution in [1.29, 1.82) is 0 Å². The second kappa shape index (κ2) is 10.7. The SMILES string of the molecule is Cc1ccc(C(=O)NCCc2nc3ccccc3n2CCCOc2ccc(Cl)c(C)c2)c(C)c1. The molecule has 3 aromatic carbocycles. The number of carbonyl (C=O) groups excluding carboxylic acids is 1. The topological polar surface area (TPSA) is 56.2 Å². The van der Waals surface area contributed by atoms with Crippen LogP contribution in [-0.4, -0.2) is 28.6 Å². The smallest absolute Gasteiger partial charge is 0.251 e. The number of nitrogens with zero attached hydrogens (tertiary/aromatic N) is 2. The maximum atomic E-state index is 12.7. The van der Waals surface area contributed by atoms with E-state index in [9.17, 15) is 4.79 Å². The Hall–Kier alpha value is -3.31. The van der Waals surface area contributed by atoms with Crippen LogP contribution in [0.1, 0.15) is 39.3 Å². The maximum Gasteiger partial charge on any atom is 0.251 e. The molecule has 1 aromatic heterocycles. The molecule has 4 aromatic rings. The van der Waals surface area contributed by atoms with Gasteiger partial charge < -0.3 is 14.6 Å². The van der Waals surface area contributed by atoms with Gasteiger partial charge in [0.2, 0.25) is 0 Å². The molecule has 0 aliphatic rings. The highest BCUT2D eigenvalue weighted by Gasteiger charge is 2.12. The predicted octanol–water partition coefficient (Wildman–Crippen LogP) is 6.06. The summed E-state index contributed by atoms with van der Waals surface area (Å²) in [6.07, 6.45) is 1.49. The van der Waals surface area contributed by atoms with Crippen molar-refractivity contribution in [3.8, 4) is 5.75 Å². The van der Waals surface area contributed by atoms with Crippen LogP contribution in [0.3, 0.4) is 0 Å². The van der Waals surface area contributed by atoms with Crippen LogP contribution in [0.15, 0.2) is 60.7 Å². The molecule has 0 unspecified atom stereocenters. The van der Waals surface area contributed by atoms with Crippen molar-refractivity contribution in [3.05, 3.63) is 93.8 Å². The fourth-order valence-corrected chi connectivity index (χ4v) is 4.25. The average molecular weight is 476 g/mol. The lowest BCUT2D eigenvalue weighted by atomic mass is 10.1. The first-order valence-corrected chi connectivity index (χ1v) is 12.0. The molecule has 0 fully saturated rings. The van der Waals surface area contributed by atoms with Crippen LogP contribution < -0.4 is 10.1 Å². The normalized spacial score (nSPS) is 11.1. The van der Waals surface area contributed by atoms with E-state index in [0.717, 1.165) is 57.3 Å².